The molecule has 2 amide bonds. The van der Waals surface area contributed by atoms with Crippen LogP contribution in [0.15, 0.2) is 23.1 Å². The number of anilines is 2. The topological polar surface area (TPSA) is 90.0 Å². The number of nitrogens with one attached hydrogen (secondary N) is 1. The molecule has 0 aliphatic carbocycles. The Morgan fingerprint density at radius 3 is 2.56 bits per heavy atom. The Kier molecular flexibility index (Phi) is 7.82. The van der Waals surface area contributed by atoms with Crippen molar-refractivity contribution < 1.29 is 18.0 Å². The summed E-state index contributed by atoms with van der Waals surface area (Å²) in [5.74, 6) is 0.107. The number of carbonyl (C=O) groups excluding carboxylic acids is 2. The van der Waals surface area contributed by atoms with Crippen LogP contribution in [0.25, 0.3) is 0 Å². The van der Waals surface area contributed by atoms with Gasteiger partial charge in [0.15, 0.2) is 0 Å². The molecule has 1 N–H and O–H groups in total. The molecule has 2 aliphatic heterocycles. The van der Waals surface area contributed by atoms with Gasteiger partial charge in [-0.1, -0.05) is 27.7 Å². The number of carbonyl (C=O) groups is 2. The molecule has 1 aromatic rings. The average Bonchev–Trinajstić information content (AvgIpc) is 2.76. The third-order valence-corrected chi connectivity index (χ3v) is 8.34. The fourth-order valence-electron chi connectivity index (χ4n) is 4.47. The van der Waals surface area contributed by atoms with E-state index >= 15 is 0 Å². The van der Waals surface area contributed by atoms with E-state index in [1.165, 1.54) is 9.21 Å². The molecule has 8 nitrogen and oxygen atoms in total. The van der Waals surface area contributed by atoms with Crippen LogP contribution in [-0.4, -0.2) is 63.3 Å². The Morgan fingerprint density at radius 2 is 1.91 bits per heavy atom. The van der Waals surface area contributed by atoms with Crippen molar-refractivity contribution >= 4 is 33.2 Å². The van der Waals surface area contributed by atoms with Gasteiger partial charge in [0.2, 0.25) is 21.8 Å². The molecular formula is C23H36N4O4S. The Morgan fingerprint density at radius 1 is 1.19 bits per heavy atom. The molecule has 9 heteroatoms. The molecule has 0 bridgehead atoms. The number of nitrogens with zero attached hydrogens (tertiary/aromatic N) is 3. The normalized spacial score (nSPS) is 18.7. The van der Waals surface area contributed by atoms with Crippen LogP contribution < -0.4 is 15.1 Å². The van der Waals surface area contributed by atoms with E-state index in [0.717, 1.165) is 37.9 Å². The van der Waals surface area contributed by atoms with Crippen LogP contribution >= 0.6 is 0 Å². The molecule has 1 fully saturated rings. The van der Waals surface area contributed by atoms with E-state index in [-0.39, 0.29) is 29.3 Å². The van der Waals surface area contributed by atoms with Crippen LogP contribution in [-0.2, 0) is 19.6 Å². The van der Waals surface area contributed by atoms with Gasteiger partial charge in [0, 0.05) is 26.2 Å². The first-order valence-electron chi connectivity index (χ1n) is 11.7. The van der Waals surface area contributed by atoms with Gasteiger partial charge in [-0.15, -0.1) is 0 Å². The fraction of sp³-hybridized carbons (Fsp3) is 0.652. The minimum Gasteiger partial charge on any atom is -0.358 e. The number of hydrogen-bond acceptors (Lipinski definition) is 5. The molecule has 178 valence electrons. The highest BCUT2D eigenvalue weighted by molar-refractivity contribution is 7.89. The number of sulfonamides is 1. The van der Waals surface area contributed by atoms with Crippen LogP contribution in [0.3, 0.4) is 0 Å². The smallest absolute Gasteiger partial charge is 0.250 e. The number of amides is 2. The number of fused-ring (bicyclic) bond motifs is 3. The number of benzene rings is 1. The van der Waals surface area contributed by atoms with Crippen molar-refractivity contribution in [1.82, 2.24) is 9.62 Å². The van der Waals surface area contributed by atoms with E-state index in [1.807, 2.05) is 0 Å². The standard InChI is InChI=1S/C23H36N4O4S/c1-5-25(6-2)32(30,31)18-10-11-19-21(15-18)27(16-22(28)24-13-12-17(3)4)23(29)20-9-7-8-14-26(19)20/h10-11,15,17,20H,5-9,12-14,16H2,1-4H3,(H,24,28). The Labute approximate surface area is 192 Å². The lowest BCUT2D eigenvalue weighted by Crippen LogP contribution is -2.57. The molecule has 0 aromatic heterocycles. The first-order chi connectivity index (χ1) is 15.2. The van der Waals surface area contributed by atoms with Crippen molar-refractivity contribution in [2.45, 2.75) is 64.3 Å². The van der Waals surface area contributed by atoms with Gasteiger partial charge < -0.3 is 10.2 Å². The number of hydrogen-bond donors (Lipinski definition) is 1. The summed E-state index contributed by atoms with van der Waals surface area (Å²) in [6.45, 7) is 9.71. The highest BCUT2D eigenvalue weighted by Crippen LogP contribution is 2.40. The summed E-state index contributed by atoms with van der Waals surface area (Å²) in [6.07, 6.45) is 3.55. The molecule has 2 aliphatic rings. The molecule has 1 unspecified atom stereocenters. The SMILES string of the molecule is CCN(CC)S(=O)(=O)c1ccc2c(c1)N(CC(=O)NCCC(C)C)C(=O)C1CCCCN21. The minimum absolute atomic E-state index is 0.108. The Balaban J connectivity index is 1.97. The molecule has 0 saturated carbocycles. The van der Waals surface area contributed by atoms with Crippen molar-refractivity contribution in [2.24, 2.45) is 5.92 Å². The molecule has 1 aromatic carbocycles. The predicted octanol–water partition coefficient (Wildman–Crippen LogP) is 2.58. The van der Waals surface area contributed by atoms with E-state index < -0.39 is 10.0 Å². The lowest BCUT2D eigenvalue weighted by Gasteiger charge is -2.45. The highest BCUT2D eigenvalue weighted by atomic mass is 32.2. The maximum atomic E-state index is 13.4. The number of rotatable bonds is 9. The summed E-state index contributed by atoms with van der Waals surface area (Å²) in [4.78, 5) is 29.7. The van der Waals surface area contributed by atoms with Crippen molar-refractivity contribution in [3.8, 4) is 0 Å². The average molecular weight is 465 g/mol. The van der Waals surface area contributed by atoms with Crippen LogP contribution in [0, 0.1) is 5.92 Å². The minimum atomic E-state index is -3.68. The predicted molar refractivity (Wildman–Crippen MR) is 126 cm³/mol. The van der Waals surface area contributed by atoms with Gasteiger partial charge in [-0.05, 0) is 49.8 Å². The molecule has 1 atom stereocenters. The highest BCUT2D eigenvalue weighted by Gasteiger charge is 2.40. The lowest BCUT2D eigenvalue weighted by molar-refractivity contribution is -0.125. The van der Waals surface area contributed by atoms with Gasteiger partial charge in [0.1, 0.15) is 12.6 Å². The summed E-state index contributed by atoms with van der Waals surface area (Å²) < 4.78 is 27.6. The molecule has 3 rings (SSSR count). The molecule has 32 heavy (non-hydrogen) atoms. The van der Waals surface area contributed by atoms with Gasteiger partial charge in [0.25, 0.3) is 0 Å². The summed E-state index contributed by atoms with van der Waals surface area (Å²) in [6, 6.07) is 4.67. The zero-order valence-corrected chi connectivity index (χ0v) is 20.5. The van der Waals surface area contributed by atoms with Crippen LogP contribution in [0.5, 0.6) is 0 Å². The van der Waals surface area contributed by atoms with Gasteiger partial charge in [-0.2, -0.15) is 4.31 Å². The molecule has 0 spiro atoms. The zero-order valence-electron chi connectivity index (χ0n) is 19.6. The van der Waals surface area contributed by atoms with Crippen molar-refractivity contribution in [2.75, 3.05) is 42.5 Å². The van der Waals surface area contributed by atoms with E-state index in [2.05, 4.69) is 24.1 Å². The van der Waals surface area contributed by atoms with E-state index in [1.54, 1.807) is 32.0 Å². The summed E-state index contributed by atoms with van der Waals surface area (Å²) in [7, 11) is -3.68. The lowest BCUT2D eigenvalue weighted by atomic mass is 9.96. The van der Waals surface area contributed by atoms with Crippen molar-refractivity contribution in [1.29, 1.82) is 0 Å². The second-order valence-corrected chi connectivity index (χ2v) is 10.8. The third kappa shape index (κ3) is 4.93. The Hall–Kier alpha value is -2.13. The van der Waals surface area contributed by atoms with E-state index in [4.69, 9.17) is 0 Å². The monoisotopic (exact) mass is 464 g/mol. The summed E-state index contributed by atoms with van der Waals surface area (Å²) in [5.41, 5.74) is 1.32. The quantitative estimate of drug-likeness (QED) is 0.607. The zero-order chi connectivity index (χ0) is 23.5. The van der Waals surface area contributed by atoms with E-state index in [0.29, 0.717) is 31.2 Å². The van der Waals surface area contributed by atoms with Gasteiger partial charge >= 0.3 is 0 Å². The molecule has 1 saturated heterocycles. The molecule has 0 radical (unpaired) electrons. The van der Waals surface area contributed by atoms with Gasteiger partial charge in [-0.25, -0.2) is 8.42 Å². The Bertz CT molecular complexity index is 943. The van der Waals surface area contributed by atoms with Gasteiger partial charge in [0.05, 0.1) is 16.3 Å². The second-order valence-electron chi connectivity index (χ2n) is 8.90. The fourth-order valence-corrected chi connectivity index (χ4v) is 5.95. The molecular weight excluding hydrogens is 428 g/mol. The molecule has 2 heterocycles. The number of piperidine rings is 1. The first-order valence-corrected chi connectivity index (χ1v) is 13.1. The third-order valence-electron chi connectivity index (χ3n) is 6.29. The van der Waals surface area contributed by atoms with Crippen LogP contribution in [0.1, 0.15) is 53.4 Å². The second kappa shape index (κ2) is 10.2. The first kappa shape index (κ1) is 24.5. The van der Waals surface area contributed by atoms with Gasteiger partial charge in [-0.3, -0.25) is 14.5 Å². The summed E-state index contributed by atoms with van der Waals surface area (Å²) >= 11 is 0. The van der Waals surface area contributed by atoms with E-state index in [9.17, 15) is 18.0 Å². The van der Waals surface area contributed by atoms with Crippen molar-refractivity contribution in [3.05, 3.63) is 18.2 Å². The van der Waals surface area contributed by atoms with Crippen LogP contribution in [0.4, 0.5) is 11.4 Å². The largest absolute Gasteiger partial charge is 0.358 e. The summed E-state index contributed by atoms with van der Waals surface area (Å²) in [5, 5.41) is 2.89. The van der Waals surface area contributed by atoms with Crippen molar-refractivity contribution in [3.63, 3.8) is 0 Å². The maximum absolute atomic E-state index is 13.4. The van der Waals surface area contributed by atoms with Crippen LogP contribution in [0.2, 0.25) is 0 Å². The maximum Gasteiger partial charge on any atom is 0.250 e.